The van der Waals surface area contributed by atoms with Gasteiger partial charge in [0.2, 0.25) is 0 Å². The van der Waals surface area contributed by atoms with Crippen molar-refractivity contribution in [2.24, 2.45) is 0 Å². The largest absolute Gasteiger partial charge is 0.481 e. The second-order valence-electron chi connectivity index (χ2n) is 4.82. The zero-order valence-electron chi connectivity index (χ0n) is 10.3. The standard InChI is InChI=1S/C14H17FO3/c1-9-2-7-12(18-9)8-13(14(16)17)10-3-5-11(15)6-4-10/h3-6,9,12-13H,2,7-8H2,1H3,(H,16,17). The van der Waals surface area contributed by atoms with E-state index in [9.17, 15) is 14.3 Å². The number of hydrogen-bond donors (Lipinski definition) is 1. The van der Waals surface area contributed by atoms with E-state index in [-0.39, 0.29) is 18.0 Å². The lowest BCUT2D eigenvalue weighted by Gasteiger charge is -2.17. The van der Waals surface area contributed by atoms with E-state index in [1.165, 1.54) is 24.3 Å². The van der Waals surface area contributed by atoms with Crippen molar-refractivity contribution >= 4 is 5.97 Å². The van der Waals surface area contributed by atoms with Crippen molar-refractivity contribution in [2.75, 3.05) is 0 Å². The number of ether oxygens (including phenoxy) is 1. The Labute approximate surface area is 106 Å². The molecule has 0 radical (unpaired) electrons. The maximum atomic E-state index is 12.8. The third kappa shape index (κ3) is 3.07. The minimum atomic E-state index is -0.884. The lowest BCUT2D eigenvalue weighted by molar-refractivity contribution is -0.139. The number of benzene rings is 1. The Morgan fingerprint density at radius 2 is 2.11 bits per heavy atom. The van der Waals surface area contributed by atoms with E-state index in [0.717, 1.165) is 12.8 Å². The highest BCUT2D eigenvalue weighted by Gasteiger charge is 2.29. The highest BCUT2D eigenvalue weighted by Crippen LogP contribution is 2.29. The third-order valence-corrected chi connectivity index (χ3v) is 3.39. The van der Waals surface area contributed by atoms with E-state index in [4.69, 9.17) is 4.74 Å². The number of carbonyl (C=O) groups is 1. The van der Waals surface area contributed by atoms with E-state index in [1.807, 2.05) is 6.92 Å². The van der Waals surface area contributed by atoms with E-state index in [2.05, 4.69) is 0 Å². The van der Waals surface area contributed by atoms with Crippen LogP contribution in [0.2, 0.25) is 0 Å². The Balaban J connectivity index is 2.08. The molecule has 0 bridgehead atoms. The predicted molar refractivity (Wildman–Crippen MR) is 65.0 cm³/mol. The normalized spacial score (nSPS) is 25.0. The van der Waals surface area contributed by atoms with Gasteiger partial charge < -0.3 is 9.84 Å². The molecule has 0 saturated carbocycles. The molecule has 1 aromatic carbocycles. The van der Waals surface area contributed by atoms with Gasteiger partial charge in [-0.2, -0.15) is 0 Å². The summed E-state index contributed by atoms with van der Waals surface area (Å²) in [5, 5.41) is 9.27. The molecule has 1 fully saturated rings. The van der Waals surface area contributed by atoms with Crippen LogP contribution in [0.4, 0.5) is 4.39 Å². The monoisotopic (exact) mass is 252 g/mol. The van der Waals surface area contributed by atoms with Gasteiger partial charge in [0.15, 0.2) is 0 Å². The van der Waals surface area contributed by atoms with Crippen LogP contribution in [-0.2, 0) is 9.53 Å². The first-order valence-corrected chi connectivity index (χ1v) is 6.20. The minimum absolute atomic E-state index is 0.00819. The Morgan fingerprint density at radius 3 is 2.61 bits per heavy atom. The summed E-state index contributed by atoms with van der Waals surface area (Å²) in [5.41, 5.74) is 0.632. The summed E-state index contributed by atoms with van der Waals surface area (Å²) < 4.78 is 18.5. The molecule has 4 heteroatoms. The fourth-order valence-electron chi connectivity index (χ4n) is 2.40. The molecule has 0 aromatic heterocycles. The number of rotatable bonds is 4. The van der Waals surface area contributed by atoms with Crippen LogP contribution < -0.4 is 0 Å². The Morgan fingerprint density at radius 1 is 1.44 bits per heavy atom. The third-order valence-electron chi connectivity index (χ3n) is 3.39. The Bertz CT molecular complexity index is 416. The highest BCUT2D eigenvalue weighted by molar-refractivity contribution is 5.76. The van der Waals surface area contributed by atoms with Crippen LogP contribution in [-0.4, -0.2) is 23.3 Å². The number of halogens is 1. The maximum absolute atomic E-state index is 12.8. The molecular weight excluding hydrogens is 235 g/mol. The Hall–Kier alpha value is -1.42. The molecule has 98 valence electrons. The summed E-state index contributed by atoms with van der Waals surface area (Å²) in [6.45, 7) is 1.99. The summed E-state index contributed by atoms with van der Waals surface area (Å²) in [4.78, 5) is 11.3. The molecule has 2 rings (SSSR count). The average Bonchev–Trinajstić information content (AvgIpc) is 2.73. The zero-order chi connectivity index (χ0) is 13.1. The molecule has 1 heterocycles. The summed E-state index contributed by atoms with van der Waals surface area (Å²) in [7, 11) is 0. The number of hydrogen-bond acceptors (Lipinski definition) is 2. The van der Waals surface area contributed by atoms with Gasteiger partial charge >= 0.3 is 5.97 Å². The molecule has 0 spiro atoms. The van der Waals surface area contributed by atoms with Crippen molar-refractivity contribution in [2.45, 2.75) is 44.3 Å². The first-order chi connectivity index (χ1) is 8.56. The van der Waals surface area contributed by atoms with Crippen molar-refractivity contribution in [3.05, 3.63) is 35.6 Å². The number of carboxylic acids is 1. The minimum Gasteiger partial charge on any atom is -0.481 e. The van der Waals surface area contributed by atoms with Crippen LogP contribution in [0.25, 0.3) is 0 Å². The van der Waals surface area contributed by atoms with E-state index in [1.54, 1.807) is 0 Å². The molecule has 1 saturated heterocycles. The molecule has 0 aliphatic carbocycles. The molecule has 3 atom stereocenters. The highest BCUT2D eigenvalue weighted by atomic mass is 19.1. The molecule has 1 aliphatic heterocycles. The van der Waals surface area contributed by atoms with Gasteiger partial charge in [-0.15, -0.1) is 0 Å². The number of carboxylic acid groups (broad SMARTS) is 1. The van der Waals surface area contributed by atoms with Crippen molar-refractivity contribution in [3.8, 4) is 0 Å². The lowest BCUT2D eigenvalue weighted by Crippen LogP contribution is -2.19. The summed E-state index contributed by atoms with van der Waals surface area (Å²) >= 11 is 0. The van der Waals surface area contributed by atoms with Crippen molar-refractivity contribution in [1.29, 1.82) is 0 Å². The van der Waals surface area contributed by atoms with Gasteiger partial charge in [0, 0.05) is 0 Å². The van der Waals surface area contributed by atoms with Crippen molar-refractivity contribution < 1.29 is 19.0 Å². The van der Waals surface area contributed by atoms with Gasteiger partial charge in [0.1, 0.15) is 5.82 Å². The van der Waals surface area contributed by atoms with E-state index in [0.29, 0.717) is 12.0 Å². The summed E-state index contributed by atoms with van der Waals surface area (Å²) in [5.74, 6) is -1.86. The van der Waals surface area contributed by atoms with Crippen LogP contribution in [0.3, 0.4) is 0 Å². The molecule has 18 heavy (non-hydrogen) atoms. The first kappa shape index (κ1) is 13.0. The fraction of sp³-hybridized carbons (Fsp3) is 0.500. The molecule has 0 amide bonds. The van der Waals surface area contributed by atoms with E-state index < -0.39 is 11.9 Å². The van der Waals surface area contributed by atoms with E-state index >= 15 is 0 Å². The number of aliphatic carboxylic acids is 1. The van der Waals surface area contributed by atoms with Crippen LogP contribution >= 0.6 is 0 Å². The topological polar surface area (TPSA) is 46.5 Å². The molecule has 1 aliphatic rings. The molecule has 1 N–H and O–H groups in total. The van der Waals surface area contributed by atoms with Gasteiger partial charge in [0.05, 0.1) is 18.1 Å². The second-order valence-corrected chi connectivity index (χ2v) is 4.82. The SMILES string of the molecule is CC1CCC(CC(C(=O)O)c2ccc(F)cc2)O1. The maximum Gasteiger partial charge on any atom is 0.311 e. The Kier molecular flexibility index (Phi) is 3.97. The molecule has 3 nitrogen and oxygen atoms in total. The molecule has 3 unspecified atom stereocenters. The summed E-state index contributed by atoms with van der Waals surface area (Å²) in [6, 6.07) is 5.66. The quantitative estimate of drug-likeness (QED) is 0.896. The molecule has 1 aromatic rings. The summed E-state index contributed by atoms with van der Waals surface area (Å²) in [6.07, 6.45) is 2.52. The first-order valence-electron chi connectivity index (χ1n) is 6.20. The lowest BCUT2D eigenvalue weighted by atomic mass is 9.92. The zero-order valence-corrected chi connectivity index (χ0v) is 10.3. The fourth-order valence-corrected chi connectivity index (χ4v) is 2.40. The van der Waals surface area contributed by atoms with Crippen LogP contribution in [0.5, 0.6) is 0 Å². The smallest absolute Gasteiger partial charge is 0.311 e. The van der Waals surface area contributed by atoms with Gasteiger partial charge in [-0.3, -0.25) is 4.79 Å². The van der Waals surface area contributed by atoms with Crippen molar-refractivity contribution in [1.82, 2.24) is 0 Å². The average molecular weight is 252 g/mol. The second kappa shape index (κ2) is 5.48. The van der Waals surface area contributed by atoms with Crippen LogP contribution in [0, 0.1) is 5.82 Å². The molecular formula is C14H17FO3. The van der Waals surface area contributed by atoms with Gasteiger partial charge in [0.25, 0.3) is 0 Å². The van der Waals surface area contributed by atoms with Gasteiger partial charge in [-0.25, -0.2) is 4.39 Å². The van der Waals surface area contributed by atoms with Crippen LogP contribution in [0.1, 0.15) is 37.7 Å². The van der Waals surface area contributed by atoms with Gasteiger partial charge in [-0.05, 0) is 43.9 Å². The van der Waals surface area contributed by atoms with Gasteiger partial charge in [-0.1, -0.05) is 12.1 Å². The van der Waals surface area contributed by atoms with Crippen LogP contribution in [0.15, 0.2) is 24.3 Å². The van der Waals surface area contributed by atoms with Crippen molar-refractivity contribution in [3.63, 3.8) is 0 Å². The predicted octanol–water partition coefficient (Wildman–Crippen LogP) is 2.95.